The van der Waals surface area contributed by atoms with Crippen LogP contribution in [0.3, 0.4) is 0 Å². The zero-order valence-electron chi connectivity index (χ0n) is 12.0. The lowest BCUT2D eigenvalue weighted by Crippen LogP contribution is -2.29. The number of piperidine rings is 1. The van der Waals surface area contributed by atoms with Gasteiger partial charge in [0, 0.05) is 29.5 Å². The van der Waals surface area contributed by atoms with E-state index in [1.54, 1.807) is 6.07 Å². The second kappa shape index (κ2) is 6.27. The Morgan fingerprint density at radius 2 is 1.67 bits per heavy atom. The first-order valence-corrected chi connectivity index (χ1v) is 7.77. The number of nitrogen functional groups attached to an aromatic ring is 1. The van der Waals surface area contributed by atoms with E-state index in [0.29, 0.717) is 10.7 Å². The molecule has 2 aromatic rings. The average molecular weight is 302 g/mol. The van der Waals surface area contributed by atoms with Gasteiger partial charge in [-0.25, -0.2) is 0 Å². The molecule has 0 unspecified atom stereocenters. The predicted molar refractivity (Wildman–Crippen MR) is 91.7 cm³/mol. The van der Waals surface area contributed by atoms with Gasteiger partial charge >= 0.3 is 0 Å². The van der Waals surface area contributed by atoms with Crippen molar-refractivity contribution in [1.82, 2.24) is 0 Å². The molecular formula is C17H20ClN3. The van der Waals surface area contributed by atoms with E-state index < -0.39 is 0 Å². The van der Waals surface area contributed by atoms with Gasteiger partial charge in [-0.05, 0) is 61.7 Å². The molecule has 0 radical (unpaired) electrons. The summed E-state index contributed by atoms with van der Waals surface area (Å²) in [5.74, 6) is 0. The third kappa shape index (κ3) is 3.42. The smallest absolute Gasteiger partial charge is 0.0618 e. The van der Waals surface area contributed by atoms with Crippen LogP contribution in [0.15, 0.2) is 42.5 Å². The highest BCUT2D eigenvalue weighted by Crippen LogP contribution is 2.28. The largest absolute Gasteiger partial charge is 0.397 e. The number of halogens is 1. The van der Waals surface area contributed by atoms with Gasteiger partial charge in [-0.2, -0.15) is 0 Å². The molecule has 110 valence electrons. The highest BCUT2D eigenvalue weighted by molar-refractivity contribution is 6.31. The molecule has 0 atom stereocenters. The van der Waals surface area contributed by atoms with Crippen LogP contribution in [-0.4, -0.2) is 13.1 Å². The number of benzene rings is 2. The van der Waals surface area contributed by atoms with Crippen molar-refractivity contribution in [3.63, 3.8) is 0 Å². The first kappa shape index (κ1) is 14.1. The van der Waals surface area contributed by atoms with Crippen molar-refractivity contribution in [3.8, 4) is 0 Å². The van der Waals surface area contributed by atoms with Crippen LogP contribution in [0.25, 0.3) is 0 Å². The van der Waals surface area contributed by atoms with Crippen molar-refractivity contribution in [3.05, 3.63) is 47.5 Å². The van der Waals surface area contributed by atoms with E-state index in [1.165, 1.54) is 24.9 Å². The van der Waals surface area contributed by atoms with Crippen LogP contribution < -0.4 is 16.0 Å². The number of nitrogens with zero attached hydrogens (tertiary/aromatic N) is 1. The number of anilines is 4. The molecule has 0 bridgehead atoms. The van der Waals surface area contributed by atoms with Crippen LogP contribution >= 0.6 is 11.6 Å². The number of hydrogen-bond donors (Lipinski definition) is 2. The van der Waals surface area contributed by atoms with Crippen molar-refractivity contribution in [2.45, 2.75) is 19.3 Å². The third-order valence-electron chi connectivity index (χ3n) is 3.88. The number of nitrogens with two attached hydrogens (primary N) is 1. The van der Waals surface area contributed by atoms with Gasteiger partial charge in [0.15, 0.2) is 0 Å². The van der Waals surface area contributed by atoms with Gasteiger partial charge < -0.3 is 16.0 Å². The van der Waals surface area contributed by atoms with Crippen molar-refractivity contribution in [1.29, 1.82) is 0 Å². The second-order valence-electron chi connectivity index (χ2n) is 5.45. The summed E-state index contributed by atoms with van der Waals surface area (Å²) in [7, 11) is 0. The van der Waals surface area contributed by atoms with E-state index in [-0.39, 0.29) is 0 Å². The molecule has 0 amide bonds. The highest BCUT2D eigenvalue weighted by Gasteiger charge is 2.10. The van der Waals surface area contributed by atoms with E-state index in [2.05, 4.69) is 34.5 Å². The molecule has 1 aliphatic heterocycles. The molecule has 1 aliphatic rings. The molecule has 3 nitrogen and oxygen atoms in total. The van der Waals surface area contributed by atoms with E-state index >= 15 is 0 Å². The average Bonchev–Trinajstić information content (AvgIpc) is 2.52. The Morgan fingerprint density at radius 3 is 2.33 bits per heavy atom. The van der Waals surface area contributed by atoms with Gasteiger partial charge in [0.1, 0.15) is 0 Å². The SMILES string of the molecule is Nc1cc(Cl)ccc1Nc1ccc(N2CCCCC2)cc1. The molecule has 4 heteroatoms. The van der Waals surface area contributed by atoms with E-state index in [4.69, 9.17) is 17.3 Å². The molecule has 0 saturated carbocycles. The quantitative estimate of drug-likeness (QED) is 0.810. The molecule has 0 spiro atoms. The van der Waals surface area contributed by atoms with Crippen molar-refractivity contribution in [2.75, 3.05) is 29.0 Å². The van der Waals surface area contributed by atoms with E-state index in [9.17, 15) is 0 Å². The van der Waals surface area contributed by atoms with Crippen LogP contribution in [0.4, 0.5) is 22.7 Å². The maximum absolute atomic E-state index is 5.96. The molecule has 1 saturated heterocycles. The Balaban J connectivity index is 1.71. The van der Waals surface area contributed by atoms with Crippen molar-refractivity contribution < 1.29 is 0 Å². The predicted octanol–water partition coefficient (Wildman–Crippen LogP) is 4.66. The van der Waals surface area contributed by atoms with E-state index in [1.807, 2.05) is 12.1 Å². The highest BCUT2D eigenvalue weighted by atomic mass is 35.5. The number of hydrogen-bond acceptors (Lipinski definition) is 3. The summed E-state index contributed by atoms with van der Waals surface area (Å²) in [6.07, 6.45) is 3.94. The lowest BCUT2D eigenvalue weighted by atomic mass is 10.1. The van der Waals surface area contributed by atoms with Crippen molar-refractivity contribution in [2.24, 2.45) is 0 Å². The first-order valence-electron chi connectivity index (χ1n) is 7.39. The fourth-order valence-electron chi connectivity index (χ4n) is 2.71. The summed E-state index contributed by atoms with van der Waals surface area (Å²) in [6, 6.07) is 14.0. The summed E-state index contributed by atoms with van der Waals surface area (Å²) < 4.78 is 0. The minimum atomic E-state index is 0.651. The minimum absolute atomic E-state index is 0.651. The lowest BCUT2D eigenvalue weighted by Gasteiger charge is -2.28. The molecule has 2 aromatic carbocycles. The van der Waals surface area contributed by atoms with Crippen LogP contribution in [0.2, 0.25) is 5.02 Å². The molecule has 3 rings (SSSR count). The minimum Gasteiger partial charge on any atom is -0.397 e. The van der Waals surface area contributed by atoms with E-state index in [0.717, 1.165) is 24.5 Å². The van der Waals surface area contributed by atoms with Crippen molar-refractivity contribution >= 4 is 34.4 Å². The molecule has 1 heterocycles. The molecule has 1 fully saturated rings. The molecule has 0 aromatic heterocycles. The maximum atomic E-state index is 5.96. The number of nitrogens with one attached hydrogen (secondary N) is 1. The Bertz CT molecular complexity index is 604. The monoisotopic (exact) mass is 301 g/mol. The lowest BCUT2D eigenvalue weighted by molar-refractivity contribution is 0.578. The Hall–Kier alpha value is -1.87. The molecular weight excluding hydrogens is 282 g/mol. The normalized spacial score (nSPS) is 15.0. The molecule has 21 heavy (non-hydrogen) atoms. The fourth-order valence-corrected chi connectivity index (χ4v) is 2.89. The van der Waals surface area contributed by atoms with Crippen LogP contribution in [0, 0.1) is 0 Å². The summed E-state index contributed by atoms with van der Waals surface area (Å²) in [5, 5.41) is 3.98. The standard InChI is InChI=1S/C17H20ClN3/c18-13-4-9-17(16(19)12-13)20-14-5-7-15(8-6-14)21-10-2-1-3-11-21/h4-9,12,20H,1-3,10-11,19H2. The first-order chi connectivity index (χ1) is 10.2. The Labute approximate surface area is 130 Å². The summed E-state index contributed by atoms with van der Waals surface area (Å²) in [6.45, 7) is 2.33. The Morgan fingerprint density at radius 1 is 0.952 bits per heavy atom. The van der Waals surface area contributed by atoms with Gasteiger partial charge in [-0.1, -0.05) is 11.6 Å². The summed E-state index contributed by atoms with van der Waals surface area (Å²) >= 11 is 5.91. The van der Waals surface area contributed by atoms with Crippen LogP contribution in [0.1, 0.15) is 19.3 Å². The fraction of sp³-hybridized carbons (Fsp3) is 0.294. The van der Waals surface area contributed by atoms with Gasteiger partial charge in [0.25, 0.3) is 0 Å². The zero-order chi connectivity index (χ0) is 14.7. The van der Waals surface area contributed by atoms with Crippen LogP contribution in [0.5, 0.6) is 0 Å². The number of rotatable bonds is 3. The summed E-state index contributed by atoms with van der Waals surface area (Å²) in [4.78, 5) is 2.45. The van der Waals surface area contributed by atoms with Gasteiger partial charge in [0.05, 0.1) is 11.4 Å². The molecule has 0 aliphatic carbocycles. The molecule has 3 N–H and O–H groups in total. The second-order valence-corrected chi connectivity index (χ2v) is 5.89. The maximum Gasteiger partial charge on any atom is 0.0618 e. The van der Waals surface area contributed by atoms with Crippen LogP contribution in [-0.2, 0) is 0 Å². The Kier molecular flexibility index (Phi) is 4.20. The van der Waals surface area contributed by atoms with Gasteiger partial charge in [-0.15, -0.1) is 0 Å². The topological polar surface area (TPSA) is 41.3 Å². The van der Waals surface area contributed by atoms with Gasteiger partial charge in [-0.3, -0.25) is 0 Å². The van der Waals surface area contributed by atoms with Gasteiger partial charge in [0.2, 0.25) is 0 Å². The third-order valence-corrected chi connectivity index (χ3v) is 4.12. The summed E-state index contributed by atoms with van der Waals surface area (Å²) in [5.41, 5.74) is 9.82. The zero-order valence-corrected chi connectivity index (χ0v) is 12.7.